The number of allylic oxidation sites excluding steroid dienone is 6. The lowest BCUT2D eigenvalue weighted by Crippen LogP contribution is -2.03. The molecule has 0 saturated carbocycles. The second kappa shape index (κ2) is 11.4. The van der Waals surface area contributed by atoms with Crippen LogP contribution in [0.15, 0.2) is 133 Å². The van der Waals surface area contributed by atoms with Crippen molar-refractivity contribution >= 4 is 5.57 Å². The van der Waals surface area contributed by atoms with Gasteiger partial charge in [0.1, 0.15) is 23.5 Å². The first-order chi connectivity index (χ1) is 21.2. The van der Waals surface area contributed by atoms with E-state index in [2.05, 4.69) is 6.08 Å². The van der Waals surface area contributed by atoms with Crippen molar-refractivity contribution in [1.82, 2.24) is 29.9 Å². The van der Waals surface area contributed by atoms with E-state index in [0.717, 1.165) is 22.3 Å². The van der Waals surface area contributed by atoms with Crippen LogP contribution in [0.2, 0.25) is 0 Å². The van der Waals surface area contributed by atoms with Gasteiger partial charge >= 0.3 is 0 Å². The first-order valence-corrected chi connectivity index (χ1v) is 13.7. The predicted octanol–water partition coefficient (Wildman–Crippen LogP) is 7.84. The molecule has 0 N–H and O–H groups in total. The molecule has 2 heterocycles. The summed E-state index contributed by atoms with van der Waals surface area (Å²) in [6.45, 7) is 0. The van der Waals surface area contributed by atoms with Gasteiger partial charge in [0.25, 0.3) is 0 Å². The third kappa shape index (κ3) is 5.61. The highest BCUT2D eigenvalue weighted by Gasteiger charge is 2.18. The highest BCUT2D eigenvalue weighted by molar-refractivity contribution is 5.76. The van der Waals surface area contributed by atoms with E-state index in [4.69, 9.17) is 29.9 Å². The topological polar surface area (TPSA) is 77.3 Å². The van der Waals surface area contributed by atoms with Gasteiger partial charge < -0.3 is 0 Å². The van der Waals surface area contributed by atoms with Crippen LogP contribution in [0, 0.1) is 11.9 Å². The Balaban J connectivity index is 1.39. The Kier molecular flexibility index (Phi) is 6.89. The molecule has 1 aliphatic carbocycles. The molecule has 6 aromatic rings. The fourth-order valence-corrected chi connectivity index (χ4v) is 4.67. The maximum absolute atomic E-state index is 15.3. The third-order valence-electron chi connectivity index (χ3n) is 6.76. The lowest BCUT2D eigenvalue weighted by molar-refractivity contribution is 0.628. The Morgan fingerprint density at radius 3 is 1.23 bits per heavy atom. The minimum atomic E-state index is -0.465. The summed E-state index contributed by atoms with van der Waals surface area (Å²) in [5.74, 6) is 2.14. The highest BCUT2D eigenvalue weighted by Crippen LogP contribution is 2.30. The van der Waals surface area contributed by atoms with E-state index in [9.17, 15) is 0 Å². The Morgan fingerprint density at radius 1 is 0.442 bits per heavy atom. The molecule has 0 saturated heterocycles. The van der Waals surface area contributed by atoms with Crippen LogP contribution in [-0.2, 0) is 0 Å². The zero-order chi connectivity index (χ0) is 29.0. The summed E-state index contributed by atoms with van der Waals surface area (Å²) < 4.78 is 15.3. The molecule has 0 radical (unpaired) electrons. The van der Waals surface area contributed by atoms with Crippen LogP contribution >= 0.6 is 0 Å². The van der Waals surface area contributed by atoms with Crippen molar-refractivity contribution in [2.24, 2.45) is 0 Å². The van der Waals surface area contributed by atoms with E-state index in [0.29, 0.717) is 46.1 Å². The van der Waals surface area contributed by atoms with Crippen molar-refractivity contribution in [3.63, 3.8) is 0 Å². The fourth-order valence-electron chi connectivity index (χ4n) is 4.67. The molecule has 0 fully saturated rings. The predicted molar refractivity (Wildman–Crippen MR) is 165 cm³/mol. The third-order valence-corrected chi connectivity index (χ3v) is 6.76. The van der Waals surface area contributed by atoms with E-state index in [1.807, 2.05) is 103 Å². The van der Waals surface area contributed by atoms with Crippen LogP contribution in [0.1, 0.15) is 5.82 Å². The van der Waals surface area contributed by atoms with Gasteiger partial charge in [-0.15, -0.1) is 0 Å². The maximum Gasteiger partial charge on any atom is 0.190 e. The van der Waals surface area contributed by atoms with Gasteiger partial charge in [-0.3, -0.25) is 0 Å². The smallest absolute Gasteiger partial charge is 0.190 e. The summed E-state index contributed by atoms with van der Waals surface area (Å²) in [5.41, 5.74) is 4.23. The number of halogens is 1. The summed E-state index contributed by atoms with van der Waals surface area (Å²) in [6, 6.07) is 33.6. The van der Waals surface area contributed by atoms with Crippen molar-refractivity contribution in [2.75, 3.05) is 0 Å². The van der Waals surface area contributed by atoms with Gasteiger partial charge in [0.15, 0.2) is 34.9 Å². The number of hydrogen-bond donors (Lipinski definition) is 0. The molecule has 0 unspecified atom stereocenters. The Morgan fingerprint density at radius 2 is 0.837 bits per heavy atom. The Labute approximate surface area is 247 Å². The summed E-state index contributed by atoms with van der Waals surface area (Å²) in [5, 5.41) is 0. The minimum absolute atomic E-state index is 0.332. The highest BCUT2D eigenvalue weighted by atomic mass is 19.1. The molecular formula is C36H22FN6+. The first kappa shape index (κ1) is 25.9. The van der Waals surface area contributed by atoms with Crippen molar-refractivity contribution < 1.29 is 4.39 Å². The minimum Gasteiger partial charge on any atom is -0.208 e. The van der Waals surface area contributed by atoms with Gasteiger partial charge in [0, 0.05) is 33.9 Å². The first-order valence-electron chi connectivity index (χ1n) is 13.7. The van der Waals surface area contributed by atoms with Crippen LogP contribution in [0.3, 0.4) is 0 Å². The second-order valence-corrected chi connectivity index (χ2v) is 9.73. The van der Waals surface area contributed by atoms with E-state index in [1.165, 1.54) is 12.1 Å². The normalized spacial score (nSPS) is 12.1. The fraction of sp³-hybridized carbons (Fsp3) is 0. The molecule has 4 aromatic carbocycles. The molecule has 7 rings (SSSR count). The van der Waals surface area contributed by atoms with Gasteiger partial charge in [0.05, 0.1) is 12.2 Å². The van der Waals surface area contributed by atoms with Crippen molar-refractivity contribution in [2.45, 2.75) is 0 Å². The largest absolute Gasteiger partial charge is 0.208 e. The van der Waals surface area contributed by atoms with Gasteiger partial charge in [-0.25, -0.2) is 34.3 Å². The van der Waals surface area contributed by atoms with Crippen LogP contribution in [-0.4, -0.2) is 29.9 Å². The van der Waals surface area contributed by atoms with Gasteiger partial charge in [-0.2, -0.15) is 0 Å². The number of rotatable bonds is 6. The standard InChI is InChI=1S/C36H22FN6/c37-30-22-28(35-40-31(24-13-5-1-6-14-24)38-32(41-35)25-15-7-2-8-16-25)21-29(23-30)36-42-33(26-17-9-3-10-18-26)39-34(43-36)27-19-11-4-12-20-27/h1-3,5-23H/q+1. The molecule has 1 aliphatic rings. The molecule has 2 aromatic heterocycles. The van der Waals surface area contributed by atoms with Gasteiger partial charge in [0.2, 0.25) is 0 Å². The maximum atomic E-state index is 15.3. The molecular weight excluding hydrogens is 535 g/mol. The summed E-state index contributed by atoms with van der Waals surface area (Å²) in [7, 11) is 0. The second-order valence-electron chi connectivity index (χ2n) is 9.73. The number of nitrogens with zero attached hydrogens (tertiary/aromatic N) is 6. The average Bonchev–Trinajstić information content (AvgIpc) is 3.09. The molecule has 0 bridgehead atoms. The molecule has 0 amide bonds. The quantitative estimate of drug-likeness (QED) is 0.194. The molecule has 0 atom stereocenters. The zero-order valence-electron chi connectivity index (χ0n) is 22.8. The number of hydrogen-bond acceptors (Lipinski definition) is 6. The monoisotopic (exact) mass is 557 g/mol. The summed E-state index contributed by atoms with van der Waals surface area (Å²) >= 11 is 0. The van der Waals surface area contributed by atoms with Crippen molar-refractivity contribution in [3.8, 4) is 56.9 Å². The van der Waals surface area contributed by atoms with Crippen molar-refractivity contribution in [3.05, 3.63) is 151 Å². The van der Waals surface area contributed by atoms with E-state index in [1.54, 1.807) is 18.2 Å². The lowest BCUT2D eigenvalue weighted by Gasteiger charge is -2.11. The molecule has 0 spiro atoms. The molecule has 202 valence electrons. The Hall–Kier alpha value is -6.04. The molecule has 6 nitrogen and oxygen atoms in total. The summed E-state index contributed by atoms with van der Waals surface area (Å²) in [4.78, 5) is 28.5. The van der Waals surface area contributed by atoms with Crippen LogP contribution in [0.5, 0.6) is 0 Å². The van der Waals surface area contributed by atoms with E-state index < -0.39 is 5.82 Å². The zero-order valence-corrected chi connectivity index (χ0v) is 22.8. The lowest BCUT2D eigenvalue weighted by atomic mass is 10.1. The Bertz CT molecular complexity index is 1960. The number of benzene rings is 4. The van der Waals surface area contributed by atoms with Gasteiger partial charge in [-0.1, -0.05) is 91.0 Å². The van der Waals surface area contributed by atoms with E-state index in [-0.39, 0.29) is 0 Å². The van der Waals surface area contributed by atoms with Crippen LogP contribution < -0.4 is 0 Å². The number of aromatic nitrogens is 6. The molecule has 43 heavy (non-hydrogen) atoms. The molecule has 7 heteroatoms. The summed E-state index contributed by atoms with van der Waals surface area (Å²) in [6.07, 6.45) is 10.4. The average molecular weight is 558 g/mol. The van der Waals surface area contributed by atoms with Crippen LogP contribution in [0.25, 0.3) is 62.5 Å². The van der Waals surface area contributed by atoms with Crippen molar-refractivity contribution in [1.29, 1.82) is 0 Å². The van der Waals surface area contributed by atoms with E-state index >= 15 is 4.39 Å². The van der Waals surface area contributed by atoms with Gasteiger partial charge in [-0.05, 0) is 18.2 Å². The molecule has 0 aliphatic heterocycles. The SMILES string of the molecule is Fc1cc(-c2nc(C3=CC=[C+]C=C3)nc(-c3ccccc3)n2)cc(-c2nc(-c3ccccc3)nc(-c3ccccc3)n2)c1. The van der Waals surface area contributed by atoms with Crippen LogP contribution in [0.4, 0.5) is 4.39 Å².